The van der Waals surface area contributed by atoms with Gasteiger partial charge in [-0.25, -0.2) is 13.4 Å². The van der Waals surface area contributed by atoms with Crippen molar-refractivity contribution >= 4 is 10.0 Å². The SMILES string of the molecule is Cc1nc(S(=O)(=O)N(C)CC2CCCN2)cn1C. The zero-order valence-corrected chi connectivity index (χ0v) is 11.9. The van der Waals surface area contributed by atoms with Crippen LogP contribution in [0, 0.1) is 6.92 Å². The first-order chi connectivity index (χ1) is 8.41. The van der Waals surface area contributed by atoms with Crippen LogP contribution in [-0.4, -0.2) is 48.5 Å². The lowest BCUT2D eigenvalue weighted by Gasteiger charge is -2.19. The Morgan fingerprint density at radius 3 is 2.83 bits per heavy atom. The molecule has 0 amide bonds. The van der Waals surface area contributed by atoms with Crippen LogP contribution >= 0.6 is 0 Å². The van der Waals surface area contributed by atoms with Crippen LogP contribution in [0.15, 0.2) is 11.2 Å². The van der Waals surface area contributed by atoms with E-state index in [0.717, 1.165) is 19.4 Å². The van der Waals surface area contributed by atoms with Crippen molar-refractivity contribution in [3.63, 3.8) is 0 Å². The molecule has 1 fully saturated rings. The summed E-state index contributed by atoms with van der Waals surface area (Å²) in [7, 11) is -0.0647. The molecule has 0 spiro atoms. The standard InChI is InChI=1S/C11H20N4O2S/c1-9-13-11(8-14(9)2)18(16,17)15(3)7-10-5-4-6-12-10/h8,10,12H,4-7H2,1-3H3. The maximum absolute atomic E-state index is 12.3. The summed E-state index contributed by atoms with van der Waals surface area (Å²) in [5.74, 6) is 0.695. The van der Waals surface area contributed by atoms with Gasteiger partial charge < -0.3 is 9.88 Å². The number of sulfonamides is 1. The molecule has 2 heterocycles. The van der Waals surface area contributed by atoms with Crippen LogP contribution in [0.1, 0.15) is 18.7 Å². The molecule has 1 saturated heterocycles. The van der Waals surface area contributed by atoms with Crippen molar-refractivity contribution in [1.82, 2.24) is 19.2 Å². The molecule has 102 valence electrons. The van der Waals surface area contributed by atoms with E-state index in [4.69, 9.17) is 0 Å². The molecule has 1 atom stereocenters. The predicted molar refractivity (Wildman–Crippen MR) is 68.8 cm³/mol. The summed E-state index contributed by atoms with van der Waals surface area (Å²) in [6, 6.07) is 0.259. The smallest absolute Gasteiger partial charge is 0.261 e. The highest BCUT2D eigenvalue weighted by molar-refractivity contribution is 7.89. The van der Waals surface area contributed by atoms with E-state index in [-0.39, 0.29) is 11.1 Å². The molecule has 0 radical (unpaired) electrons. The monoisotopic (exact) mass is 272 g/mol. The molecule has 0 saturated carbocycles. The number of rotatable bonds is 4. The van der Waals surface area contributed by atoms with Crippen LogP contribution in [-0.2, 0) is 17.1 Å². The van der Waals surface area contributed by atoms with Gasteiger partial charge >= 0.3 is 0 Å². The second kappa shape index (κ2) is 4.99. The highest BCUT2D eigenvalue weighted by Gasteiger charge is 2.27. The van der Waals surface area contributed by atoms with E-state index in [1.165, 1.54) is 4.31 Å². The highest BCUT2D eigenvalue weighted by atomic mass is 32.2. The fraction of sp³-hybridized carbons (Fsp3) is 0.727. The highest BCUT2D eigenvalue weighted by Crippen LogP contribution is 2.15. The minimum Gasteiger partial charge on any atom is -0.337 e. The Labute approximate surface area is 108 Å². The largest absolute Gasteiger partial charge is 0.337 e. The van der Waals surface area contributed by atoms with Gasteiger partial charge in [-0.05, 0) is 26.3 Å². The zero-order valence-electron chi connectivity index (χ0n) is 11.0. The molecule has 1 aliphatic heterocycles. The van der Waals surface area contributed by atoms with Gasteiger partial charge in [0.05, 0.1) is 0 Å². The number of likely N-dealkylation sites (N-methyl/N-ethyl adjacent to an activating group) is 1. The van der Waals surface area contributed by atoms with Crippen LogP contribution in [0.25, 0.3) is 0 Å². The Kier molecular flexibility index (Phi) is 3.74. The zero-order chi connectivity index (χ0) is 13.3. The maximum atomic E-state index is 12.3. The maximum Gasteiger partial charge on any atom is 0.261 e. The Hall–Kier alpha value is -0.920. The number of aromatic nitrogens is 2. The normalized spacial score (nSPS) is 20.8. The Morgan fingerprint density at radius 1 is 1.61 bits per heavy atom. The Bertz CT molecular complexity index is 498. The number of nitrogens with one attached hydrogen (secondary N) is 1. The van der Waals surface area contributed by atoms with Gasteiger partial charge in [-0.3, -0.25) is 0 Å². The summed E-state index contributed by atoms with van der Waals surface area (Å²) in [6.45, 7) is 3.26. The van der Waals surface area contributed by atoms with Crippen molar-refractivity contribution in [2.75, 3.05) is 20.1 Å². The molecular weight excluding hydrogens is 252 g/mol. The topological polar surface area (TPSA) is 67.2 Å². The van der Waals surface area contributed by atoms with Gasteiger partial charge in [0.2, 0.25) is 0 Å². The molecule has 1 N–H and O–H groups in total. The second-order valence-corrected chi connectivity index (χ2v) is 6.81. The van der Waals surface area contributed by atoms with E-state index < -0.39 is 10.0 Å². The molecule has 18 heavy (non-hydrogen) atoms. The third-order valence-electron chi connectivity index (χ3n) is 3.40. The minimum absolute atomic E-state index is 0.128. The van der Waals surface area contributed by atoms with E-state index in [0.29, 0.717) is 12.4 Å². The van der Waals surface area contributed by atoms with Gasteiger partial charge in [0.1, 0.15) is 5.82 Å². The van der Waals surface area contributed by atoms with Crippen LogP contribution < -0.4 is 5.32 Å². The predicted octanol–water partition coefficient (Wildman–Crippen LogP) is 0.101. The summed E-state index contributed by atoms with van der Waals surface area (Å²) in [4.78, 5) is 4.09. The van der Waals surface area contributed by atoms with Crippen LogP contribution in [0.3, 0.4) is 0 Å². The average molecular weight is 272 g/mol. The quantitative estimate of drug-likeness (QED) is 0.844. The molecule has 2 rings (SSSR count). The van der Waals surface area contributed by atoms with Crippen molar-refractivity contribution < 1.29 is 8.42 Å². The van der Waals surface area contributed by atoms with E-state index in [1.807, 2.05) is 0 Å². The van der Waals surface area contributed by atoms with Crippen molar-refractivity contribution in [3.8, 4) is 0 Å². The van der Waals surface area contributed by atoms with E-state index in [9.17, 15) is 8.42 Å². The van der Waals surface area contributed by atoms with Crippen molar-refractivity contribution in [2.45, 2.75) is 30.8 Å². The third kappa shape index (κ3) is 2.57. The molecule has 6 nitrogen and oxygen atoms in total. The van der Waals surface area contributed by atoms with Gasteiger partial charge in [0.25, 0.3) is 10.0 Å². The summed E-state index contributed by atoms with van der Waals surface area (Å²) in [5.41, 5.74) is 0. The van der Waals surface area contributed by atoms with Gasteiger partial charge in [0, 0.05) is 32.9 Å². The molecule has 1 aromatic rings. The molecule has 1 unspecified atom stereocenters. The van der Waals surface area contributed by atoms with Crippen LogP contribution in [0.2, 0.25) is 0 Å². The van der Waals surface area contributed by atoms with Crippen molar-refractivity contribution in [3.05, 3.63) is 12.0 Å². The third-order valence-corrected chi connectivity index (χ3v) is 5.10. The van der Waals surface area contributed by atoms with Crippen LogP contribution in [0.5, 0.6) is 0 Å². The Balaban J connectivity index is 2.14. The first-order valence-electron chi connectivity index (χ1n) is 6.11. The van der Waals surface area contributed by atoms with Gasteiger partial charge in [0.15, 0.2) is 5.03 Å². The summed E-state index contributed by atoms with van der Waals surface area (Å²) < 4.78 is 27.7. The summed E-state index contributed by atoms with van der Waals surface area (Å²) >= 11 is 0. The fourth-order valence-electron chi connectivity index (χ4n) is 2.13. The lowest BCUT2D eigenvalue weighted by molar-refractivity contribution is 0.416. The average Bonchev–Trinajstić information content (AvgIpc) is 2.90. The van der Waals surface area contributed by atoms with Crippen molar-refractivity contribution in [1.29, 1.82) is 0 Å². The minimum atomic E-state index is -3.47. The van der Waals surface area contributed by atoms with Crippen LogP contribution in [0.4, 0.5) is 0 Å². The first-order valence-corrected chi connectivity index (χ1v) is 7.55. The summed E-state index contributed by atoms with van der Waals surface area (Å²) in [6.07, 6.45) is 3.70. The molecule has 1 aliphatic rings. The van der Waals surface area contributed by atoms with Gasteiger partial charge in [-0.15, -0.1) is 0 Å². The Morgan fingerprint density at radius 2 is 2.33 bits per heavy atom. The second-order valence-electron chi connectivity index (χ2n) is 4.82. The van der Waals surface area contributed by atoms with Gasteiger partial charge in [-0.1, -0.05) is 0 Å². The molecular formula is C11H20N4O2S. The number of hydrogen-bond acceptors (Lipinski definition) is 4. The lowest BCUT2D eigenvalue weighted by Crippen LogP contribution is -2.38. The van der Waals surface area contributed by atoms with E-state index >= 15 is 0 Å². The molecule has 0 bridgehead atoms. The van der Waals surface area contributed by atoms with Gasteiger partial charge in [-0.2, -0.15) is 4.31 Å². The number of nitrogens with zero attached hydrogens (tertiary/aromatic N) is 3. The van der Waals surface area contributed by atoms with E-state index in [2.05, 4.69) is 10.3 Å². The first kappa shape index (κ1) is 13.5. The molecule has 0 aliphatic carbocycles. The molecule has 0 aromatic carbocycles. The molecule has 7 heteroatoms. The summed E-state index contributed by atoms with van der Waals surface area (Å²) in [5, 5.41) is 3.42. The fourth-order valence-corrected chi connectivity index (χ4v) is 3.37. The number of aryl methyl sites for hydroxylation is 2. The number of imidazole rings is 1. The van der Waals surface area contributed by atoms with E-state index in [1.54, 1.807) is 31.8 Å². The number of hydrogen-bond donors (Lipinski definition) is 1. The molecule has 1 aromatic heterocycles. The van der Waals surface area contributed by atoms with Crippen molar-refractivity contribution in [2.24, 2.45) is 7.05 Å². The lowest BCUT2D eigenvalue weighted by atomic mass is 10.2.